The average Bonchev–Trinajstić information content (AvgIpc) is 3.58. The van der Waals surface area contributed by atoms with Crippen molar-refractivity contribution in [1.82, 2.24) is 19.8 Å². The second kappa shape index (κ2) is 9.46. The molecule has 0 saturated carbocycles. The Labute approximate surface area is 213 Å². The van der Waals surface area contributed by atoms with Crippen LogP contribution in [0.2, 0.25) is 0 Å². The van der Waals surface area contributed by atoms with Gasteiger partial charge in [-0.3, -0.25) is 15.1 Å². The van der Waals surface area contributed by atoms with E-state index in [1.54, 1.807) is 24.6 Å². The van der Waals surface area contributed by atoms with Gasteiger partial charge in [0.2, 0.25) is 0 Å². The molecule has 0 aliphatic carbocycles. The zero-order chi connectivity index (χ0) is 25.4. The number of aromatic nitrogens is 2. The van der Waals surface area contributed by atoms with Crippen molar-refractivity contribution in [3.05, 3.63) is 106 Å². The maximum atomic E-state index is 11.9. The van der Waals surface area contributed by atoms with E-state index in [2.05, 4.69) is 21.3 Å². The predicted molar refractivity (Wildman–Crippen MR) is 138 cm³/mol. The summed E-state index contributed by atoms with van der Waals surface area (Å²) in [5, 5.41) is 16.0. The summed E-state index contributed by atoms with van der Waals surface area (Å²) in [5.41, 5.74) is 4.03. The minimum Gasteiger partial charge on any atom is -0.496 e. The molecule has 4 heterocycles. The fraction of sp³-hybridized carbons (Fsp3) is 0.231. The highest BCUT2D eigenvalue weighted by Gasteiger charge is 2.42. The number of nitro groups is 1. The SMILES string of the molecule is COc1ccc(-n2c(C)cc([C@@H]3[C@H](c4ccccn4)NC(=S)N3Cc3ccco3)c2C)c([N+](=O)[O-])c1. The largest absolute Gasteiger partial charge is 0.496 e. The van der Waals surface area contributed by atoms with Crippen LogP contribution in [-0.2, 0) is 6.54 Å². The van der Waals surface area contributed by atoms with Crippen LogP contribution in [0.3, 0.4) is 0 Å². The fourth-order valence-corrected chi connectivity index (χ4v) is 5.21. The van der Waals surface area contributed by atoms with Gasteiger partial charge in [-0.15, -0.1) is 0 Å². The summed E-state index contributed by atoms with van der Waals surface area (Å²) in [7, 11) is 1.49. The number of furan rings is 1. The van der Waals surface area contributed by atoms with Gasteiger partial charge in [-0.05, 0) is 74.1 Å². The number of nitrogens with one attached hydrogen (secondary N) is 1. The first-order valence-electron chi connectivity index (χ1n) is 11.4. The van der Waals surface area contributed by atoms with Gasteiger partial charge in [0.05, 0.1) is 48.7 Å². The minimum absolute atomic E-state index is 0.0310. The molecule has 0 spiro atoms. The predicted octanol–water partition coefficient (Wildman–Crippen LogP) is 5.17. The van der Waals surface area contributed by atoms with Crippen molar-refractivity contribution in [3.8, 4) is 11.4 Å². The Balaban J connectivity index is 1.65. The summed E-state index contributed by atoms with van der Waals surface area (Å²) in [4.78, 5) is 18.2. The molecule has 1 aliphatic rings. The van der Waals surface area contributed by atoms with Gasteiger partial charge in [0.1, 0.15) is 17.2 Å². The summed E-state index contributed by atoms with van der Waals surface area (Å²) in [6.45, 7) is 4.38. The first-order valence-corrected chi connectivity index (χ1v) is 11.8. The highest BCUT2D eigenvalue weighted by atomic mass is 32.1. The smallest absolute Gasteiger partial charge is 0.296 e. The Morgan fingerprint density at radius 1 is 1.19 bits per heavy atom. The van der Waals surface area contributed by atoms with Crippen LogP contribution in [0, 0.1) is 24.0 Å². The molecular weight excluding hydrogens is 478 g/mol. The molecule has 10 heteroatoms. The molecule has 0 unspecified atom stereocenters. The van der Waals surface area contributed by atoms with E-state index in [1.165, 1.54) is 13.2 Å². The number of rotatable bonds is 7. The first-order chi connectivity index (χ1) is 17.4. The number of nitrogens with zero attached hydrogens (tertiary/aromatic N) is 4. The van der Waals surface area contributed by atoms with Crippen LogP contribution in [0.5, 0.6) is 5.75 Å². The van der Waals surface area contributed by atoms with Crippen molar-refractivity contribution in [3.63, 3.8) is 0 Å². The summed E-state index contributed by atoms with van der Waals surface area (Å²) < 4.78 is 12.8. The van der Waals surface area contributed by atoms with E-state index >= 15 is 0 Å². The van der Waals surface area contributed by atoms with Crippen LogP contribution in [-0.4, -0.2) is 31.6 Å². The second-order valence-corrected chi connectivity index (χ2v) is 8.99. The van der Waals surface area contributed by atoms with Gasteiger partial charge in [-0.1, -0.05) is 6.07 Å². The molecule has 1 aromatic carbocycles. The molecule has 36 heavy (non-hydrogen) atoms. The van der Waals surface area contributed by atoms with Gasteiger partial charge in [0, 0.05) is 17.6 Å². The van der Waals surface area contributed by atoms with Crippen molar-refractivity contribution in [2.75, 3.05) is 7.11 Å². The van der Waals surface area contributed by atoms with Crippen molar-refractivity contribution in [1.29, 1.82) is 0 Å². The van der Waals surface area contributed by atoms with Crippen LogP contribution < -0.4 is 10.1 Å². The van der Waals surface area contributed by atoms with E-state index in [0.29, 0.717) is 23.1 Å². The highest BCUT2D eigenvalue weighted by molar-refractivity contribution is 7.80. The van der Waals surface area contributed by atoms with Crippen molar-refractivity contribution < 1.29 is 14.1 Å². The number of aryl methyl sites for hydroxylation is 1. The van der Waals surface area contributed by atoms with Gasteiger partial charge < -0.3 is 23.9 Å². The van der Waals surface area contributed by atoms with E-state index in [-0.39, 0.29) is 22.7 Å². The topological polar surface area (TPSA) is 98.6 Å². The normalized spacial score (nSPS) is 17.3. The zero-order valence-corrected chi connectivity index (χ0v) is 20.9. The molecule has 2 atom stereocenters. The lowest BCUT2D eigenvalue weighted by Crippen LogP contribution is -2.29. The van der Waals surface area contributed by atoms with Crippen LogP contribution in [0.4, 0.5) is 5.69 Å². The Morgan fingerprint density at radius 3 is 2.69 bits per heavy atom. The Hall–Kier alpha value is -4.18. The Bertz CT molecular complexity index is 1420. The molecule has 0 radical (unpaired) electrons. The fourth-order valence-electron chi connectivity index (χ4n) is 4.91. The number of methoxy groups -OCH3 is 1. The summed E-state index contributed by atoms with van der Waals surface area (Å²) >= 11 is 5.76. The van der Waals surface area contributed by atoms with Crippen LogP contribution in [0.25, 0.3) is 5.69 Å². The quantitative estimate of drug-likeness (QED) is 0.209. The molecule has 4 aromatic rings. The lowest BCUT2D eigenvalue weighted by molar-refractivity contribution is -0.384. The number of pyridine rings is 1. The van der Waals surface area contributed by atoms with Gasteiger partial charge in [0.15, 0.2) is 5.11 Å². The molecular formula is C26H25N5O4S. The number of hydrogen-bond acceptors (Lipinski definition) is 6. The van der Waals surface area contributed by atoms with Crippen molar-refractivity contribution >= 4 is 23.0 Å². The van der Waals surface area contributed by atoms with Gasteiger partial charge in [-0.2, -0.15) is 0 Å². The monoisotopic (exact) mass is 503 g/mol. The third-order valence-corrected chi connectivity index (χ3v) is 6.87. The molecule has 1 fully saturated rings. The van der Waals surface area contributed by atoms with Gasteiger partial charge in [0.25, 0.3) is 5.69 Å². The van der Waals surface area contributed by atoms with Crippen molar-refractivity contribution in [2.24, 2.45) is 0 Å². The number of hydrogen-bond donors (Lipinski definition) is 1. The Kier molecular flexibility index (Phi) is 6.19. The molecule has 9 nitrogen and oxygen atoms in total. The third kappa shape index (κ3) is 4.09. The average molecular weight is 504 g/mol. The lowest BCUT2D eigenvalue weighted by atomic mass is 9.96. The minimum atomic E-state index is -0.386. The van der Waals surface area contributed by atoms with Gasteiger partial charge >= 0.3 is 0 Å². The van der Waals surface area contributed by atoms with E-state index in [9.17, 15) is 10.1 Å². The molecule has 0 amide bonds. The van der Waals surface area contributed by atoms with E-state index in [0.717, 1.165) is 28.4 Å². The van der Waals surface area contributed by atoms with E-state index in [4.69, 9.17) is 21.4 Å². The maximum absolute atomic E-state index is 11.9. The molecule has 0 bridgehead atoms. The molecule has 3 aromatic heterocycles. The summed E-state index contributed by atoms with van der Waals surface area (Å²) in [6.07, 6.45) is 3.40. The van der Waals surface area contributed by atoms with Crippen LogP contribution in [0.1, 0.15) is 40.5 Å². The standard InChI is InChI=1S/C26H25N5O4S/c1-16-13-20(17(2)30(16)22-10-9-18(34-3)14-23(22)31(32)33)25-24(21-8-4-5-11-27-21)28-26(36)29(25)15-19-7-6-12-35-19/h4-14,24-25H,15H2,1-3H3,(H,28,36)/t24-,25+/m0/s1. The number of thiocarbonyl (C=S) groups is 1. The van der Waals surface area contributed by atoms with Crippen LogP contribution >= 0.6 is 12.2 Å². The van der Waals surface area contributed by atoms with Crippen molar-refractivity contribution in [2.45, 2.75) is 32.5 Å². The van der Waals surface area contributed by atoms with E-state index < -0.39 is 0 Å². The molecule has 1 aliphatic heterocycles. The second-order valence-electron chi connectivity index (χ2n) is 8.61. The molecule has 184 valence electrons. The zero-order valence-electron chi connectivity index (χ0n) is 20.0. The lowest BCUT2D eigenvalue weighted by Gasteiger charge is -2.27. The highest BCUT2D eigenvalue weighted by Crippen LogP contribution is 2.43. The Morgan fingerprint density at radius 2 is 2.03 bits per heavy atom. The molecule has 1 N–H and O–H groups in total. The summed E-state index contributed by atoms with van der Waals surface area (Å²) in [6, 6.07) is 16.1. The van der Waals surface area contributed by atoms with Crippen LogP contribution in [0.15, 0.2) is 71.5 Å². The maximum Gasteiger partial charge on any atom is 0.296 e. The first kappa shape index (κ1) is 23.6. The van der Waals surface area contributed by atoms with Gasteiger partial charge in [-0.25, -0.2) is 0 Å². The number of ether oxygens (including phenoxy) is 1. The summed E-state index contributed by atoms with van der Waals surface area (Å²) in [5.74, 6) is 1.21. The number of nitro benzene ring substituents is 1. The number of benzene rings is 1. The van der Waals surface area contributed by atoms with E-state index in [1.807, 2.05) is 48.7 Å². The molecule has 5 rings (SSSR count). The molecule has 1 saturated heterocycles. The third-order valence-electron chi connectivity index (χ3n) is 6.51.